The van der Waals surface area contributed by atoms with Crippen molar-refractivity contribution in [3.05, 3.63) is 140 Å². The first-order valence-electron chi connectivity index (χ1n) is 12.7. The summed E-state index contributed by atoms with van der Waals surface area (Å²) in [6, 6.07) is 41.6. The fraction of sp³-hybridized carbons (Fsp3) is 0.0286. The van der Waals surface area contributed by atoms with Crippen molar-refractivity contribution in [1.29, 1.82) is 0 Å². The molecule has 0 spiro atoms. The minimum atomic E-state index is 1.14. The van der Waals surface area contributed by atoms with Gasteiger partial charge in [-0.15, -0.1) is 0 Å². The molecule has 7 rings (SSSR count). The summed E-state index contributed by atoms with van der Waals surface area (Å²) in [4.78, 5) is 0. The van der Waals surface area contributed by atoms with Gasteiger partial charge in [-0.2, -0.15) is 0 Å². The molecule has 7 aromatic rings. The zero-order valence-corrected chi connectivity index (χ0v) is 20.7. The van der Waals surface area contributed by atoms with Gasteiger partial charge in [0.15, 0.2) is 0 Å². The van der Waals surface area contributed by atoms with E-state index in [1.54, 1.807) is 0 Å². The Morgan fingerprint density at radius 2 is 1.05 bits per heavy atom. The molecular formula is C35H26N2. The van der Waals surface area contributed by atoms with Crippen LogP contribution < -0.4 is 0 Å². The van der Waals surface area contributed by atoms with E-state index in [0.29, 0.717) is 0 Å². The van der Waals surface area contributed by atoms with Gasteiger partial charge in [-0.05, 0) is 72.7 Å². The monoisotopic (exact) mass is 474 g/mol. The Hall–Kier alpha value is -4.82. The van der Waals surface area contributed by atoms with Crippen molar-refractivity contribution in [1.82, 2.24) is 9.13 Å². The molecule has 2 nitrogen and oxygen atoms in total. The second kappa shape index (κ2) is 8.39. The van der Waals surface area contributed by atoms with Crippen molar-refractivity contribution in [3.63, 3.8) is 0 Å². The molecule has 2 heteroatoms. The average molecular weight is 475 g/mol. The van der Waals surface area contributed by atoms with Crippen LogP contribution in [0.4, 0.5) is 0 Å². The zero-order chi connectivity index (χ0) is 24.9. The minimum absolute atomic E-state index is 1.14. The van der Waals surface area contributed by atoms with Gasteiger partial charge in [0.25, 0.3) is 0 Å². The molecule has 0 aliphatic heterocycles. The number of allylic oxidation sites excluding steroid dienone is 3. The normalized spacial score (nSPS) is 12.2. The summed E-state index contributed by atoms with van der Waals surface area (Å²) in [5, 5.41) is 5.00. The first-order valence-corrected chi connectivity index (χ1v) is 12.7. The van der Waals surface area contributed by atoms with Crippen LogP contribution in [0.25, 0.3) is 60.6 Å². The summed E-state index contributed by atoms with van der Waals surface area (Å²) in [6.07, 6.45) is 4.05. The third-order valence-corrected chi connectivity index (χ3v) is 7.45. The fourth-order valence-electron chi connectivity index (χ4n) is 5.77. The number of para-hydroxylation sites is 3. The molecule has 37 heavy (non-hydrogen) atoms. The number of hydrogen-bond acceptors (Lipinski definition) is 0. The lowest BCUT2D eigenvalue weighted by Crippen LogP contribution is -1.94. The standard InChI is InChI=1S/C35H26N2/c1-3-24(4-2)25-19-20-33-29(21-25)31-23-34-30(22-35(31)37(33)27-15-9-6-10-16-27)28-17-11-12-18-32(28)36(34)26-13-7-5-8-14-26/h3-23H,1H2,2H3/b24-4+. The quantitative estimate of drug-likeness (QED) is 0.225. The van der Waals surface area contributed by atoms with Crippen molar-refractivity contribution in [2.45, 2.75) is 6.92 Å². The summed E-state index contributed by atoms with van der Waals surface area (Å²) in [5.74, 6) is 0. The number of benzene rings is 5. The third kappa shape index (κ3) is 3.19. The summed E-state index contributed by atoms with van der Waals surface area (Å²) in [6.45, 7) is 6.10. The Labute approximate surface area is 216 Å². The van der Waals surface area contributed by atoms with Crippen LogP contribution in [0.1, 0.15) is 12.5 Å². The number of hydrogen-bond donors (Lipinski definition) is 0. The number of rotatable bonds is 4. The van der Waals surface area contributed by atoms with Crippen LogP contribution in [-0.2, 0) is 0 Å². The summed E-state index contributed by atoms with van der Waals surface area (Å²) in [5.41, 5.74) is 9.50. The minimum Gasteiger partial charge on any atom is -0.309 e. The Kier molecular flexibility index (Phi) is 4.87. The largest absolute Gasteiger partial charge is 0.309 e. The second-order valence-electron chi connectivity index (χ2n) is 9.43. The van der Waals surface area contributed by atoms with Gasteiger partial charge in [0, 0.05) is 32.9 Å². The first kappa shape index (κ1) is 21.5. The van der Waals surface area contributed by atoms with Gasteiger partial charge >= 0.3 is 0 Å². The summed E-state index contributed by atoms with van der Waals surface area (Å²) >= 11 is 0. The van der Waals surface area contributed by atoms with E-state index in [0.717, 1.165) is 11.3 Å². The Bertz CT molecular complexity index is 1980. The molecule has 5 aromatic carbocycles. The van der Waals surface area contributed by atoms with Crippen LogP contribution in [0.15, 0.2) is 134 Å². The van der Waals surface area contributed by atoms with Crippen LogP contribution in [0, 0.1) is 0 Å². The lowest BCUT2D eigenvalue weighted by molar-refractivity contribution is 1.17. The maximum Gasteiger partial charge on any atom is 0.0548 e. The molecule has 0 aliphatic rings. The van der Waals surface area contributed by atoms with Crippen molar-refractivity contribution in [2.75, 3.05) is 0 Å². The second-order valence-corrected chi connectivity index (χ2v) is 9.43. The molecule has 0 amide bonds. The number of fused-ring (bicyclic) bond motifs is 6. The summed E-state index contributed by atoms with van der Waals surface area (Å²) in [7, 11) is 0. The van der Waals surface area contributed by atoms with E-state index >= 15 is 0 Å². The molecular weight excluding hydrogens is 448 g/mol. The highest BCUT2D eigenvalue weighted by molar-refractivity contribution is 6.19. The van der Waals surface area contributed by atoms with E-state index in [2.05, 4.69) is 144 Å². The van der Waals surface area contributed by atoms with Gasteiger partial charge in [-0.25, -0.2) is 0 Å². The van der Waals surface area contributed by atoms with Crippen molar-refractivity contribution in [2.24, 2.45) is 0 Å². The topological polar surface area (TPSA) is 9.86 Å². The molecule has 0 fully saturated rings. The van der Waals surface area contributed by atoms with E-state index in [-0.39, 0.29) is 0 Å². The summed E-state index contributed by atoms with van der Waals surface area (Å²) < 4.78 is 4.78. The highest BCUT2D eigenvalue weighted by Gasteiger charge is 2.18. The number of aromatic nitrogens is 2. The van der Waals surface area contributed by atoms with E-state index in [4.69, 9.17) is 0 Å². The molecule has 0 N–H and O–H groups in total. The Balaban J connectivity index is 1.68. The first-order chi connectivity index (χ1) is 18.3. The Morgan fingerprint density at radius 1 is 0.541 bits per heavy atom. The predicted octanol–water partition coefficient (Wildman–Crippen LogP) is 9.47. The molecule has 0 atom stereocenters. The molecule has 0 bridgehead atoms. The Morgan fingerprint density at radius 3 is 1.65 bits per heavy atom. The predicted molar refractivity (Wildman–Crippen MR) is 159 cm³/mol. The van der Waals surface area contributed by atoms with Crippen LogP contribution in [-0.4, -0.2) is 9.13 Å². The highest BCUT2D eigenvalue weighted by atomic mass is 15.0. The van der Waals surface area contributed by atoms with E-state index < -0.39 is 0 Å². The van der Waals surface area contributed by atoms with E-state index in [9.17, 15) is 0 Å². The third-order valence-electron chi connectivity index (χ3n) is 7.45. The van der Waals surface area contributed by atoms with Gasteiger partial charge in [0.1, 0.15) is 0 Å². The molecule has 0 unspecified atom stereocenters. The zero-order valence-electron chi connectivity index (χ0n) is 20.7. The van der Waals surface area contributed by atoms with Crippen LogP contribution in [0.2, 0.25) is 0 Å². The van der Waals surface area contributed by atoms with Crippen molar-refractivity contribution in [3.8, 4) is 11.4 Å². The average Bonchev–Trinajstić information content (AvgIpc) is 3.45. The van der Waals surface area contributed by atoms with E-state index in [1.807, 2.05) is 6.08 Å². The molecule has 2 aromatic heterocycles. The highest BCUT2D eigenvalue weighted by Crippen LogP contribution is 2.40. The molecule has 0 aliphatic carbocycles. The maximum atomic E-state index is 4.04. The lowest BCUT2D eigenvalue weighted by atomic mass is 10.0. The van der Waals surface area contributed by atoms with Crippen molar-refractivity contribution >= 4 is 49.2 Å². The molecule has 2 heterocycles. The SMILES string of the molecule is C=C/C(=C\C)c1ccc2c(c1)c1cc3c(cc1n2-c1ccccc1)c1ccccc1n3-c1ccccc1. The van der Waals surface area contributed by atoms with Crippen LogP contribution in [0.5, 0.6) is 0 Å². The van der Waals surface area contributed by atoms with Gasteiger partial charge < -0.3 is 9.13 Å². The van der Waals surface area contributed by atoms with Crippen LogP contribution >= 0.6 is 0 Å². The van der Waals surface area contributed by atoms with Gasteiger partial charge in [-0.3, -0.25) is 0 Å². The molecule has 0 saturated carbocycles. The van der Waals surface area contributed by atoms with Crippen LogP contribution in [0.3, 0.4) is 0 Å². The molecule has 176 valence electrons. The molecule has 0 radical (unpaired) electrons. The van der Waals surface area contributed by atoms with Gasteiger partial charge in [-0.1, -0.05) is 79.4 Å². The molecule has 0 saturated heterocycles. The van der Waals surface area contributed by atoms with E-state index in [1.165, 1.54) is 54.9 Å². The van der Waals surface area contributed by atoms with Gasteiger partial charge in [0.2, 0.25) is 0 Å². The van der Waals surface area contributed by atoms with Gasteiger partial charge in [0.05, 0.1) is 22.1 Å². The van der Waals surface area contributed by atoms with Crippen molar-refractivity contribution < 1.29 is 0 Å². The maximum absolute atomic E-state index is 4.04. The lowest BCUT2D eigenvalue weighted by Gasteiger charge is -2.09. The smallest absolute Gasteiger partial charge is 0.0548 e. The fourth-order valence-corrected chi connectivity index (χ4v) is 5.77. The number of nitrogens with zero attached hydrogens (tertiary/aromatic N) is 2.